The van der Waals surface area contributed by atoms with Crippen molar-refractivity contribution >= 4 is 11.6 Å². The molecule has 3 heterocycles. The smallest absolute Gasteiger partial charge is 0.227 e. The Morgan fingerprint density at radius 2 is 2.00 bits per heavy atom. The molecule has 0 spiro atoms. The lowest BCUT2D eigenvalue weighted by Crippen LogP contribution is -2.25. The minimum absolute atomic E-state index is 0.229. The molecular weight excluding hydrogens is 364 g/mol. The first-order valence-corrected chi connectivity index (χ1v) is 10.3. The fourth-order valence-electron chi connectivity index (χ4n) is 3.86. The van der Waals surface area contributed by atoms with Crippen molar-refractivity contribution in [1.82, 2.24) is 14.5 Å². The molecule has 29 heavy (non-hydrogen) atoms. The van der Waals surface area contributed by atoms with Gasteiger partial charge in [0.2, 0.25) is 5.91 Å². The van der Waals surface area contributed by atoms with E-state index in [2.05, 4.69) is 44.8 Å². The highest BCUT2D eigenvalue weighted by Gasteiger charge is 2.21. The van der Waals surface area contributed by atoms with Crippen LogP contribution in [0.5, 0.6) is 0 Å². The van der Waals surface area contributed by atoms with Gasteiger partial charge in [-0.15, -0.1) is 0 Å². The summed E-state index contributed by atoms with van der Waals surface area (Å²) < 4.78 is 7.91. The zero-order chi connectivity index (χ0) is 20.1. The van der Waals surface area contributed by atoms with Gasteiger partial charge in [-0.25, -0.2) is 4.98 Å². The molecule has 6 nitrogen and oxygen atoms in total. The van der Waals surface area contributed by atoms with E-state index in [1.54, 1.807) is 0 Å². The molecule has 152 valence electrons. The van der Waals surface area contributed by atoms with E-state index in [-0.39, 0.29) is 5.91 Å². The molecule has 0 unspecified atom stereocenters. The third-order valence-electron chi connectivity index (χ3n) is 5.35. The average Bonchev–Trinajstić information content (AvgIpc) is 3.46. The van der Waals surface area contributed by atoms with Gasteiger partial charge in [-0.05, 0) is 49.6 Å². The minimum atomic E-state index is 0.229. The lowest BCUT2D eigenvalue weighted by Gasteiger charge is -2.22. The van der Waals surface area contributed by atoms with Crippen molar-refractivity contribution in [2.24, 2.45) is 0 Å². The number of anilines is 1. The van der Waals surface area contributed by atoms with Crippen LogP contribution in [0.25, 0.3) is 0 Å². The Bertz CT molecular complexity index is 915. The molecule has 3 aromatic rings. The highest BCUT2D eigenvalue weighted by Crippen LogP contribution is 2.22. The summed E-state index contributed by atoms with van der Waals surface area (Å²) in [5.41, 5.74) is 2.25. The summed E-state index contributed by atoms with van der Waals surface area (Å²) in [5, 5.41) is 0. The molecule has 0 bridgehead atoms. The fraction of sp³-hybridized carbons (Fsp3) is 0.391. The fourth-order valence-corrected chi connectivity index (χ4v) is 3.86. The number of hydrogen-bond donors (Lipinski definition) is 0. The van der Waals surface area contributed by atoms with E-state index in [1.807, 2.05) is 36.6 Å². The van der Waals surface area contributed by atoms with E-state index in [0.717, 1.165) is 62.8 Å². The molecule has 1 amide bonds. The van der Waals surface area contributed by atoms with Gasteiger partial charge in [0.1, 0.15) is 11.5 Å². The third-order valence-corrected chi connectivity index (χ3v) is 5.35. The van der Waals surface area contributed by atoms with Crippen molar-refractivity contribution in [3.63, 3.8) is 0 Å². The predicted molar refractivity (Wildman–Crippen MR) is 112 cm³/mol. The molecular formula is C23H28N4O2. The van der Waals surface area contributed by atoms with Crippen LogP contribution in [-0.4, -0.2) is 33.4 Å². The highest BCUT2D eigenvalue weighted by molar-refractivity contribution is 5.95. The summed E-state index contributed by atoms with van der Waals surface area (Å²) in [7, 11) is 0. The lowest BCUT2D eigenvalue weighted by molar-refractivity contribution is -0.117. The number of benzene rings is 1. The third kappa shape index (κ3) is 5.15. The number of rotatable bonds is 9. The van der Waals surface area contributed by atoms with E-state index >= 15 is 0 Å². The molecule has 2 aromatic heterocycles. The molecule has 0 saturated carbocycles. The zero-order valence-electron chi connectivity index (χ0n) is 17.0. The van der Waals surface area contributed by atoms with Crippen LogP contribution in [0, 0.1) is 6.92 Å². The van der Waals surface area contributed by atoms with Gasteiger partial charge in [-0.2, -0.15) is 0 Å². The van der Waals surface area contributed by atoms with Crippen molar-refractivity contribution in [3.05, 3.63) is 72.2 Å². The number of amides is 1. The summed E-state index contributed by atoms with van der Waals surface area (Å²) in [6.45, 7) is 6.34. The number of carbonyl (C=O) groups is 1. The summed E-state index contributed by atoms with van der Waals surface area (Å²) in [6.07, 6.45) is 8.33. The molecule has 1 aliphatic heterocycles. The van der Waals surface area contributed by atoms with E-state index in [9.17, 15) is 4.79 Å². The van der Waals surface area contributed by atoms with Gasteiger partial charge in [0.05, 0.1) is 12.9 Å². The molecule has 1 aromatic carbocycles. The van der Waals surface area contributed by atoms with Gasteiger partial charge in [-0.3, -0.25) is 9.69 Å². The van der Waals surface area contributed by atoms with Crippen LogP contribution >= 0.6 is 0 Å². The second-order valence-electron chi connectivity index (χ2n) is 7.69. The predicted octanol–water partition coefficient (Wildman–Crippen LogP) is 4.00. The molecule has 0 radical (unpaired) electrons. The summed E-state index contributed by atoms with van der Waals surface area (Å²) in [5.74, 6) is 2.16. The molecule has 0 atom stereocenters. The van der Waals surface area contributed by atoms with Crippen molar-refractivity contribution < 1.29 is 9.21 Å². The van der Waals surface area contributed by atoms with Crippen LogP contribution in [0.15, 0.2) is 59.5 Å². The Morgan fingerprint density at radius 1 is 1.14 bits per heavy atom. The van der Waals surface area contributed by atoms with E-state index in [0.29, 0.717) is 6.42 Å². The largest absolute Gasteiger partial charge is 0.465 e. The minimum Gasteiger partial charge on any atom is -0.465 e. The molecule has 1 aliphatic rings. The van der Waals surface area contributed by atoms with Gasteiger partial charge in [0.15, 0.2) is 0 Å². The van der Waals surface area contributed by atoms with Crippen molar-refractivity contribution in [2.75, 3.05) is 18.0 Å². The second kappa shape index (κ2) is 9.09. The van der Waals surface area contributed by atoms with Crippen molar-refractivity contribution in [3.8, 4) is 0 Å². The quantitative estimate of drug-likeness (QED) is 0.552. The van der Waals surface area contributed by atoms with E-state index < -0.39 is 0 Å². The van der Waals surface area contributed by atoms with Crippen LogP contribution in [0.2, 0.25) is 0 Å². The number of imidazole rings is 1. The number of aryl methyl sites for hydroxylation is 2. The standard InChI is InChI=1S/C23H28N4O2/c1-19-5-10-22(29-19)17-26(13-3-12-25-15-11-24-18-25)16-20-6-8-21(9-7-20)27-14-2-4-23(27)28/h5-11,15,18H,2-4,12-14,16-17H2,1H3. The molecule has 1 fully saturated rings. The van der Waals surface area contributed by atoms with Gasteiger partial charge in [0.25, 0.3) is 0 Å². The topological polar surface area (TPSA) is 54.5 Å². The summed E-state index contributed by atoms with van der Waals surface area (Å²) in [6, 6.07) is 12.5. The average molecular weight is 393 g/mol. The Labute approximate surface area is 171 Å². The van der Waals surface area contributed by atoms with Crippen LogP contribution in [-0.2, 0) is 24.4 Å². The van der Waals surface area contributed by atoms with Crippen LogP contribution in [0.3, 0.4) is 0 Å². The van der Waals surface area contributed by atoms with Gasteiger partial charge >= 0.3 is 0 Å². The first-order chi connectivity index (χ1) is 14.2. The summed E-state index contributed by atoms with van der Waals surface area (Å²) in [4.78, 5) is 20.4. The maximum absolute atomic E-state index is 12.0. The first kappa shape index (κ1) is 19.5. The number of carbonyl (C=O) groups excluding carboxylic acids is 1. The number of nitrogens with zero attached hydrogens (tertiary/aromatic N) is 4. The van der Waals surface area contributed by atoms with Crippen molar-refractivity contribution in [2.45, 2.75) is 45.8 Å². The normalized spacial score (nSPS) is 14.3. The van der Waals surface area contributed by atoms with Gasteiger partial charge < -0.3 is 13.9 Å². The molecule has 6 heteroatoms. The Balaban J connectivity index is 1.39. The summed E-state index contributed by atoms with van der Waals surface area (Å²) >= 11 is 0. The van der Waals surface area contributed by atoms with Crippen LogP contribution in [0.1, 0.15) is 36.3 Å². The van der Waals surface area contributed by atoms with E-state index in [4.69, 9.17) is 4.42 Å². The molecule has 0 aliphatic carbocycles. The maximum atomic E-state index is 12.0. The second-order valence-corrected chi connectivity index (χ2v) is 7.69. The molecule has 1 saturated heterocycles. The molecule has 4 rings (SSSR count). The van der Waals surface area contributed by atoms with Crippen LogP contribution < -0.4 is 4.90 Å². The van der Waals surface area contributed by atoms with Gasteiger partial charge in [0, 0.05) is 50.7 Å². The number of aromatic nitrogens is 2. The Morgan fingerprint density at radius 3 is 2.66 bits per heavy atom. The monoisotopic (exact) mass is 392 g/mol. The molecule has 0 N–H and O–H groups in total. The van der Waals surface area contributed by atoms with E-state index in [1.165, 1.54) is 5.56 Å². The maximum Gasteiger partial charge on any atom is 0.227 e. The lowest BCUT2D eigenvalue weighted by atomic mass is 10.1. The number of furan rings is 1. The SMILES string of the molecule is Cc1ccc(CN(CCCn2ccnc2)Cc2ccc(N3CCCC3=O)cc2)o1. The first-order valence-electron chi connectivity index (χ1n) is 10.3. The van der Waals surface area contributed by atoms with Crippen LogP contribution in [0.4, 0.5) is 5.69 Å². The zero-order valence-corrected chi connectivity index (χ0v) is 17.0. The number of hydrogen-bond acceptors (Lipinski definition) is 4. The van der Waals surface area contributed by atoms with Crippen molar-refractivity contribution in [1.29, 1.82) is 0 Å². The Hall–Kier alpha value is -2.86. The Kier molecular flexibility index (Phi) is 6.10. The highest BCUT2D eigenvalue weighted by atomic mass is 16.3. The van der Waals surface area contributed by atoms with Gasteiger partial charge in [-0.1, -0.05) is 12.1 Å².